The standard InChI is InChI=1S/C10H13Cl2N/c11-6-7-13-10(8-12)9-4-2-1-3-5-9/h1-5,10,13H,6-8H2/t10-/m1/s1. The average molecular weight is 218 g/mol. The summed E-state index contributed by atoms with van der Waals surface area (Å²) in [6.07, 6.45) is 0. The molecule has 0 aliphatic heterocycles. The number of alkyl halides is 2. The quantitative estimate of drug-likeness (QED) is 0.749. The maximum atomic E-state index is 5.83. The molecular formula is C10H13Cl2N. The molecule has 1 aromatic rings. The fourth-order valence-electron chi connectivity index (χ4n) is 1.18. The van der Waals surface area contributed by atoms with Crippen LogP contribution in [0.4, 0.5) is 0 Å². The van der Waals surface area contributed by atoms with E-state index in [0.717, 1.165) is 6.54 Å². The summed E-state index contributed by atoms with van der Waals surface area (Å²) in [5.74, 6) is 1.18. The molecule has 0 fully saturated rings. The van der Waals surface area contributed by atoms with E-state index in [-0.39, 0.29) is 6.04 Å². The monoisotopic (exact) mass is 217 g/mol. The first-order valence-electron chi connectivity index (χ1n) is 4.28. The Bertz CT molecular complexity index is 226. The molecule has 1 N–H and O–H groups in total. The molecule has 1 nitrogen and oxygen atoms in total. The van der Waals surface area contributed by atoms with Crippen molar-refractivity contribution in [2.75, 3.05) is 18.3 Å². The Hall–Kier alpha value is -0.240. The van der Waals surface area contributed by atoms with Gasteiger partial charge in [0.05, 0.1) is 0 Å². The second-order valence-corrected chi connectivity index (χ2v) is 3.45. The van der Waals surface area contributed by atoms with E-state index in [0.29, 0.717) is 11.8 Å². The zero-order chi connectivity index (χ0) is 9.52. The highest BCUT2D eigenvalue weighted by atomic mass is 35.5. The van der Waals surface area contributed by atoms with Crippen molar-refractivity contribution in [1.82, 2.24) is 5.32 Å². The van der Waals surface area contributed by atoms with Crippen molar-refractivity contribution in [3.05, 3.63) is 35.9 Å². The van der Waals surface area contributed by atoms with Crippen LogP contribution in [-0.4, -0.2) is 18.3 Å². The van der Waals surface area contributed by atoms with Gasteiger partial charge in [-0.1, -0.05) is 30.3 Å². The van der Waals surface area contributed by atoms with Gasteiger partial charge in [-0.25, -0.2) is 0 Å². The molecule has 1 aromatic carbocycles. The van der Waals surface area contributed by atoms with E-state index in [1.54, 1.807) is 0 Å². The Morgan fingerprint density at radius 2 is 1.85 bits per heavy atom. The summed E-state index contributed by atoms with van der Waals surface area (Å²) in [6.45, 7) is 0.786. The van der Waals surface area contributed by atoms with E-state index in [1.807, 2.05) is 18.2 Å². The van der Waals surface area contributed by atoms with Gasteiger partial charge in [-0.2, -0.15) is 0 Å². The molecule has 1 rings (SSSR count). The lowest BCUT2D eigenvalue weighted by molar-refractivity contribution is 0.605. The summed E-state index contributed by atoms with van der Waals surface area (Å²) in [5, 5.41) is 3.27. The van der Waals surface area contributed by atoms with E-state index in [9.17, 15) is 0 Å². The van der Waals surface area contributed by atoms with Crippen molar-refractivity contribution in [1.29, 1.82) is 0 Å². The topological polar surface area (TPSA) is 12.0 Å². The van der Waals surface area contributed by atoms with E-state index in [4.69, 9.17) is 23.2 Å². The van der Waals surface area contributed by atoms with Crippen LogP contribution < -0.4 is 5.32 Å². The Morgan fingerprint density at radius 1 is 1.15 bits per heavy atom. The average Bonchev–Trinajstić information content (AvgIpc) is 2.21. The van der Waals surface area contributed by atoms with Gasteiger partial charge in [-0.05, 0) is 5.56 Å². The zero-order valence-electron chi connectivity index (χ0n) is 7.34. The number of benzene rings is 1. The van der Waals surface area contributed by atoms with Crippen LogP contribution in [0.5, 0.6) is 0 Å². The third-order valence-electron chi connectivity index (χ3n) is 1.84. The van der Waals surface area contributed by atoms with Crippen molar-refractivity contribution >= 4 is 23.2 Å². The molecule has 0 saturated heterocycles. The number of hydrogen-bond donors (Lipinski definition) is 1. The van der Waals surface area contributed by atoms with Crippen molar-refractivity contribution in [2.24, 2.45) is 0 Å². The largest absolute Gasteiger partial charge is 0.308 e. The van der Waals surface area contributed by atoms with E-state index in [1.165, 1.54) is 5.56 Å². The molecule has 72 valence electrons. The molecule has 0 radical (unpaired) electrons. The maximum absolute atomic E-state index is 5.83. The van der Waals surface area contributed by atoms with Crippen LogP contribution in [0, 0.1) is 0 Å². The Balaban J connectivity index is 2.56. The smallest absolute Gasteiger partial charge is 0.0457 e. The minimum Gasteiger partial charge on any atom is -0.308 e. The van der Waals surface area contributed by atoms with Crippen molar-refractivity contribution < 1.29 is 0 Å². The predicted molar refractivity (Wildman–Crippen MR) is 58.6 cm³/mol. The van der Waals surface area contributed by atoms with Crippen LogP contribution in [0.1, 0.15) is 11.6 Å². The Labute approximate surface area is 89.0 Å². The third-order valence-corrected chi connectivity index (χ3v) is 2.34. The molecule has 3 heteroatoms. The van der Waals surface area contributed by atoms with Gasteiger partial charge in [0.2, 0.25) is 0 Å². The highest BCUT2D eigenvalue weighted by Crippen LogP contribution is 2.13. The summed E-state index contributed by atoms with van der Waals surface area (Å²) in [5.41, 5.74) is 1.21. The summed E-state index contributed by atoms with van der Waals surface area (Å²) in [7, 11) is 0. The first-order chi connectivity index (χ1) is 6.38. The third kappa shape index (κ3) is 3.55. The number of halogens is 2. The van der Waals surface area contributed by atoms with Crippen molar-refractivity contribution in [3.63, 3.8) is 0 Å². The fourth-order valence-corrected chi connectivity index (χ4v) is 1.57. The predicted octanol–water partition coefficient (Wildman–Crippen LogP) is 2.79. The first kappa shape index (κ1) is 10.8. The summed E-state index contributed by atoms with van der Waals surface area (Å²) < 4.78 is 0. The fraction of sp³-hybridized carbons (Fsp3) is 0.400. The van der Waals surface area contributed by atoms with Gasteiger partial charge < -0.3 is 5.32 Å². The van der Waals surface area contributed by atoms with E-state index < -0.39 is 0 Å². The zero-order valence-corrected chi connectivity index (χ0v) is 8.85. The second-order valence-electron chi connectivity index (χ2n) is 2.76. The van der Waals surface area contributed by atoms with Gasteiger partial charge >= 0.3 is 0 Å². The number of nitrogens with one attached hydrogen (secondary N) is 1. The molecule has 0 unspecified atom stereocenters. The molecule has 0 aromatic heterocycles. The van der Waals surface area contributed by atoms with Crippen molar-refractivity contribution in [2.45, 2.75) is 6.04 Å². The van der Waals surface area contributed by atoms with Gasteiger partial charge in [-0.3, -0.25) is 0 Å². The highest BCUT2D eigenvalue weighted by molar-refractivity contribution is 6.18. The van der Waals surface area contributed by atoms with Gasteiger partial charge in [0.25, 0.3) is 0 Å². The molecule has 0 saturated carbocycles. The summed E-state index contributed by atoms with van der Waals surface area (Å²) in [6, 6.07) is 10.4. The molecule has 13 heavy (non-hydrogen) atoms. The maximum Gasteiger partial charge on any atom is 0.0457 e. The van der Waals surface area contributed by atoms with Gasteiger partial charge in [0.1, 0.15) is 0 Å². The first-order valence-corrected chi connectivity index (χ1v) is 5.35. The molecule has 0 bridgehead atoms. The lowest BCUT2D eigenvalue weighted by atomic mass is 10.1. The minimum atomic E-state index is 0.210. The summed E-state index contributed by atoms with van der Waals surface area (Å²) >= 11 is 11.4. The van der Waals surface area contributed by atoms with E-state index >= 15 is 0 Å². The molecule has 0 spiro atoms. The van der Waals surface area contributed by atoms with Crippen molar-refractivity contribution in [3.8, 4) is 0 Å². The van der Waals surface area contributed by atoms with Crippen LogP contribution in [0.15, 0.2) is 30.3 Å². The molecule has 0 amide bonds. The number of hydrogen-bond acceptors (Lipinski definition) is 1. The lowest BCUT2D eigenvalue weighted by Gasteiger charge is -2.15. The second kappa shape index (κ2) is 6.25. The molecule has 0 aliphatic carbocycles. The van der Waals surface area contributed by atoms with E-state index in [2.05, 4.69) is 17.4 Å². The van der Waals surface area contributed by atoms with Gasteiger partial charge in [0.15, 0.2) is 0 Å². The van der Waals surface area contributed by atoms with Crippen LogP contribution in [-0.2, 0) is 0 Å². The Morgan fingerprint density at radius 3 is 2.38 bits per heavy atom. The molecule has 0 aliphatic rings. The van der Waals surface area contributed by atoms with Crippen LogP contribution >= 0.6 is 23.2 Å². The molecule has 1 atom stereocenters. The Kier molecular flexibility index (Phi) is 5.21. The SMILES string of the molecule is ClCCN[C@H](CCl)c1ccccc1. The van der Waals surface area contributed by atoms with Crippen LogP contribution in [0.3, 0.4) is 0 Å². The van der Waals surface area contributed by atoms with Gasteiger partial charge in [-0.15, -0.1) is 23.2 Å². The molecular weight excluding hydrogens is 205 g/mol. The minimum absolute atomic E-state index is 0.210. The van der Waals surface area contributed by atoms with Crippen LogP contribution in [0.25, 0.3) is 0 Å². The lowest BCUT2D eigenvalue weighted by Crippen LogP contribution is -2.24. The van der Waals surface area contributed by atoms with Gasteiger partial charge in [0, 0.05) is 24.3 Å². The normalized spacial score (nSPS) is 12.8. The summed E-state index contributed by atoms with van der Waals surface area (Å²) in [4.78, 5) is 0. The van der Waals surface area contributed by atoms with Crippen LogP contribution in [0.2, 0.25) is 0 Å². The molecule has 0 heterocycles. The number of rotatable bonds is 5. The highest BCUT2D eigenvalue weighted by Gasteiger charge is 2.07.